The second-order valence-corrected chi connectivity index (χ2v) is 9.79. The Hall–Kier alpha value is -1.64. The average Bonchev–Trinajstić information content (AvgIpc) is 2.67. The van der Waals surface area contributed by atoms with E-state index in [4.69, 9.17) is 27.9 Å². The van der Waals surface area contributed by atoms with E-state index in [0.717, 1.165) is 0 Å². The summed E-state index contributed by atoms with van der Waals surface area (Å²) < 4.78 is 33.1. The number of ether oxygens (including phenoxy) is 1. The number of morpholine rings is 1. The van der Waals surface area contributed by atoms with Gasteiger partial charge in [-0.2, -0.15) is 4.31 Å². The van der Waals surface area contributed by atoms with Crippen LogP contribution in [0.3, 0.4) is 0 Å². The molecule has 0 aliphatic carbocycles. The molecule has 1 N–H and O–H groups in total. The topological polar surface area (TPSA) is 75.7 Å². The molecule has 1 aliphatic rings. The van der Waals surface area contributed by atoms with Crippen LogP contribution in [0, 0.1) is 0 Å². The summed E-state index contributed by atoms with van der Waals surface area (Å²) in [4.78, 5) is 12.7. The summed E-state index contributed by atoms with van der Waals surface area (Å²) in [7, 11) is -3.72. The van der Waals surface area contributed by atoms with E-state index in [1.807, 2.05) is 13.8 Å². The largest absolute Gasteiger partial charge is 0.376 e. The van der Waals surface area contributed by atoms with Crippen molar-refractivity contribution < 1.29 is 17.9 Å². The number of carbonyl (C=O) groups excluding carboxylic acids is 1. The standard InChI is InChI=1S/C20H22Cl2N2O4S/c1-13-11-24(12-14(2)28-13)29(26,27)17-5-3-4-15(8-17)20(25)10-23-19-9-16(21)6-7-18(19)22/h3-9,13-14,23H,10-12H2,1-2H3. The maximum Gasteiger partial charge on any atom is 0.243 e. The zero-order valence-corrected chi connectivity index (χ0v) is 18.4. The normalized spacial score (nSPS) is 20.4. The molecular weight excluding hydrogens is 435 g/mol. The first-order chi connectivity index (χ1) is 13.7. The van der Waals surface area contributed by atoms with Crippen molar-refractivity contribution in [2.24, 2.45) is 0 Å². The molecule has 0 aromatic heterocycles. The van der Waals surface area contributed by atoms with E-state index >= 15 is 0 Å². The van der Waals surface area contributed by atoms with Gasteiger partial charge in [0.1, 0.15) is 0 Å². The summed E-state index contributed by atoms with van der Waals surface area (Å²) in [5, 5.41) is 3.87. The van der Waals surface area contributed by atoms with Gasteiger partial charge in [-0.15, -0.1) is 0 Å². The van der Waals surface area contributed by atoms with E-state index in [1.165, 1.54) is 16.4 Å². The molecule has 0 bridgehead atoms. The van der Waals surface area contributed by atoms with E-state index in [9.17, 15) is 13.2 Å². The van der Waals surface area contributed by atoms with Gasteiger partial charge in [0.25, 0.3) is 0 Å². The molecule has 1 fully saturated rings. The molecule has 2 aromatic rings. The lowest BCUT2D eigenvalue weighted by Crippen LogP contribution is -2.48. The fraction of sp³-hybridized carbons (Fsp3) is 0.350. The monoisotopic (exact) mass is 456 g/mol. The quantitative estimate of drug-likeness (QED) is 0.662. The number of benzene rings is 2. The average molecular weight is 457 g/mol. The molecule has 1 heterocycles. The minimum atomic E-state index is -3.72. The van der Waals surface area contributed by atoms with Gasteiger partial charge >= 0.3 is 0 Å². The zero-order chi connectivity index (χ0) is 21.2. The number of hydrogen-bond donors (Lipinski definition) is 1. The molecule has 2 unspecified atom stereocenters. The first-order valence-corrected chi connectivity index (χ1v) is 11.3. The number of rotatable bonds is 6. The summed E-state index contributed by atoms with van der Waals surface area (Å²) in [5.74, 6) is -0.262. The van der Waals surface area contributed by atoms with Crippen molar-refractivity contribution in [1.82, 2.24) is 4.31 Å². The van der Waals surface area contributed by atoms with Crippen LogP contribution >= 0.6 is 23.2 Å². The van der Waals surface area contributed by atoms with E-state index in [0.29, 0.717) is 21.3 Å². The van der Waals surface area contributed by atoms with Crippen molar-refractivity contribution in [3.8, 4) is 0 Å². The fourth-order valence-corrected chi connectivity index (χ4v) is 5.21. The Kier molecular flexibility index (Phi) is 6.86. The maximum absolute atomic E-state index is 13.0. The van der Waals surface area contributed by atoms with Crippen LogP contribution in [-0.4, -0.2) is 50.3 Å². The molecule has 0 saturated carbocycles. The van der Waals surface area contributed by atoms with Crippen LogP contribution in [-0.2, 0) is 14.8 Å². The number of nitrogens with one attached hydrogen (secondary N) is 1. The number of nitrogens with zero attached hydrogens (tertiary/aromatic N) is 1. The highest BCUT2D eigenvalue weighted by molar-refractivity contribution is 7.89. The Balaban J connectivity index is 1.76. The molecule has 156 valence electrons. The lowest BCUT2D eigenvalue weighted by Gasteiger charge is -2.34. The number of carbonyl (C=O) groups is 1. The van der Waals surface area contributed by atoms with Crippen LogP contribution in [0.1, 0.15) is 24.2 Å². The smallest absolute Gasteiger partial charge is 0.243 e. The van der Waals surface area contributed by atoms with Gasteiger partial charge in [-0.3, -0.25) is 4.79 Å². The maximum atomic E-state index is 13.0. The fourth-order valence-electron chi connectivity index (χ4n) is 3.22. The number of Topliss-reactive ketones (excluding diaryl/α,β-unsaturated/α-hetero) is 1. The highest BCUT2D eigenvalue weighted by Gasteiger charge is 2.32. The van der Waals surface area contributed by atoms with E-state index in [1.54, 1.807) is 30.3 Å². The van der Waals surface area contributed by atoms with Gasteiger partial charge < -0.3 is 10.1 Å². The van der Waals surface area contributed by atoms with Crippen LogP contribution in [0.5, 0.6) is 0 Å². The molecule has 1 aliphatic heterocycles. The van der Waals surface area contributed by atoms with Gasteiger partial charge in [-0.25, -0.2) is 8.42 Å². The summed E-state index contributed by atoms with van der Waals surface area (Å²) in [6, 6.07) is 11.0. The molecule has 29 heavy (non-hydrogen) atoms. The third kappa shape index (κ3) is 5.29. The van der Waals surface area contributed by atoms with Crippen molar-refractivity contribution >= 4 is 44.7 Å². The van der Waals surface area contributed by atoms with Crippen LogP contribution in [0.2, 0.25) is 10.0 Å². The lowest BCUT2D eigenvalue weighted by atomic mass is 10.1. The minimum absolute atomic E-state index is 0.0464. The first-order valence-electron chi connectivity index (χ1n) is 9.14. The predicted octanol–water partition coefficient (Wildman–Crippen LogP) is 4.09. The SMILES string of the molecule is CC1CN(S(=O)(=O)c2cccc(C(=O)CNc3cc(Cl)ccc3Cl)c2)CC(C)O1. The van der Waals surface area contributed by atoms with Crippen molar-refractivity contribution in [1.29, 1.82) is 0 Å². The second kappa shape index (κ2) is 9.02. The van der Waals surface area contributed by atoms with Gasteiger partial charge in [-0.05, 0) is 44.2 Å². The Bertz CT molecular complexity index is 1000. The van der Waals surface area contributed by atoms with Crippen LogP contribution in [0.15, 0.2) is 47.4 Å². The zero-order valence-electron chi connectivity index (χ0n) is 16.1. The molecule has 0 spiro atoms. The highest BCUT2D eigenvalue weighted by Crippen LogP contribution is 2.26. The number of anilines is 1. The molecule has 6 nitrogen and oxygen atoms in total. The number of sulfonamides is 1. The molecule has 1 saturated heterocycles. The molecule has 2 aromatic carbocycles. The van der Waals surface area contributed by atoms with Gasteiger partial charge in [0, 0.05) is 23.7 Å². The van der Waals surface area contributed by atoms with Gasteiger partial charge in [-0.1, -0.05) is 35.3 Å². The van der Waals surface area contributed by atoms with Crippen molar-refractivity contribution in [3.05, 3.63) is 58.1 Å². The number of hydrogen-bond acceptors (Lipinski definition) is 5. The number of ketones is 1. The third-order valence-electron chi connectivity index (χ3n) is 4.55. The Morgan fingerprint density at radius 2 is 1.83 bits per heavy atom. The van der Waals surface area contributed by atoms with Gasteiger partial charge in [0.05, 0.1) is 34.4 Å². The molecular formula is C20H22Cl2N2O4S. The van der Waals surface area contributed by atoms with Crippen LogP contribution < -0.4 is 5.32 Å². The first kappa shape index (κ1) is 22.1. The highest BCUT2D eigenvalue weighted by atomic mass is 35.5. The summed E-state index contributed by atoms with van der Waals surface area (Å²) in [6.07, 6.45) is -0.380. The molecule has 3 rings (SSSR count). The van der Waals surface area contributed by atoms with Crippen LogP contribution in [0.25, 0.3) is 0 Å². The second-order valence-electron chi connectivity index (χ2n) is 7.01. The van der Waals surface area contributed by atoms with Crippen molar-refractivity contribution in [3.63, 3.8) is 0 Å². The van der Waals surface area contributed by atoms with Crippen LogP contribution in [0.4, 0.5) is 5.69 Å². The van der Waals surface area contributed by atoms with E-state index in [2.05, 4.69) is 5.32 Å². The lowest BCUT2D eigenvalue weighted by molar-refractivity contribution is -0.0440. The van der Waals surface area contributed by atoms with Crippen molar-refractivity contribution in [2.75, 3.05) is 25.0 Å². The Morgan fingerprint density at radius 1 is 1.14 bits per heavy atom. The molecule has 2 atom stereocenters. The van der Waals surface area contributed by atoms with Crippen molar-refractivity contribution in [2.45, 2.75) is 31.0 Å². The minimum Gasteiger partial charge on any atom is -0.376 e. The molecule has 0 radical (unpaired) electrons. The Morgan fingerprint density at radius 3 is 2.52 bits per heavy atom. The Labute approximate surface area is 180 Å². The molecule has 9 heteroatoms. The molecule has 0 amide bonds. The number of halogens is 2. The van der Waals surface area contributed by atoms with Gasteiger partial charge in [0.15, 0.2) is 5.78 Å². The van der Waals surface area contributed by atoms with E-state index in [-0.39, 0.29) is 42.5 Å². The van der Waals surface area contributed by atoms with E-state index < -0.39 is 10.0 Å². The summed E-state index contributed by atoms with van der Waals surface area (Å²) in [5.41, 5.74) is 0.832. The third-order valence-corrected chi connectivity index (χ3v) is 6.94. The summed E-state index contributed by atoms with van der Waals surface area (Å²) >= 11 is 12.0. The predicted molar refractivity (Wildman–Crippen MR) is 114 cm³/mol. The summed E-state index contributed by atoms with van der Waals surface area (Å²) in [6.45, 7) is 4.18. The van der Waals surface area contributed by atoms with Gasteiger partial charge in [0.2, 0.25) is 10.0 Å².